The first-order valence-electron chi connectivity index (χ1n) is 6.80. The van der Waals surface area contributed by atoms with Crippen LogP contribution in [0.2, 0.25) is 20.1 Å². The van der Waals surface area contributed by atoms with E-state index in [1.54, 1.807) is 36.4 Å². The molecule has 0 bridgehead atoms. The van der Waals surface area contributed by atoms with Crippen LogP contribution in [0, 0.1) is 16.7 Å². The van der Waals surface area contributed by atoms with Crippen molar-refractivity contribution in [1.29, 1.82) is 5.26 Å². The Morgan fingerprint density at radius 1 is 0.917 bits per heavy atom. The highest BCUT2D eigenvalue weighted by Crippen LogP contribution is 2.32. The Bertz CT molecular complexity index is 776. The summed E-state index contributed by atoms with van der Waals surface area (Å²) >= 11 is 23.7. The average Bonchev–Trinajstić information content (AvgIpc) is 2.53. The highest BCUT2D eigenvalue weighted by molar-refractivity contribution is 6.42. The second kappa shape index (κ2) is 7.63. The van der Waals surface area contributed by atoms with Gasteiger partial charge in [0, 0.05) is 12.8 Å². The number of aliphatic carboxylic acids is 1. The minimum absolute atomic E-state index is 0.0179. The standard InChI is InChI=1S/C17H11Cl4NO2/c18-12-3-1-10(5-14(12)20)7-17(9-22,16(23)24)8-11-2-4-13(19)15(21)6-11/h1-6H,7-8H2,(H,23,24). The minimum Gasteiger partial charge on any atom is -0.480 e. The van der Waals surface area contributed by atoms with E-state index in [4.69, 9.17) is 46.4 Å². The Balaban J connectivity index is 2.38. The smallest absolute Gasteiger partial charge is 0.324 e. The number of hydrogen-bond donors (Lipinski definition) is 1. The summed E-state index contributed by atoms with van der Waals surface area (Å²) in [5.41, 5.74) is -0.448. The first kappa shape index (κ1) is 18.9. The second-order valence-electron chi connectivity index (χ2n) is 5.35. The number of carboxylic acids is 1. The van der Waals surface area contributed by atoms with Crippen LogP contribution in [0.1, 0.15) is 11.1 Å². The molecule has 1 N–H and O–H groups in total. The third-order valence-electron chi connectivity index (χ3n) is 3.60. The maximum absolute atomic E-state index is 11.8. The van der Waals surface area contributed by atoms with E-state index < -0.39 is 11.4 Å². The van der Waals surface area contributed by atoms with Crippen LogP contribution in [0.15, 0.2) is 36.4 Å². The fourth-order valence-corrected chi connectivity index (χ4v) is 2.98. The summed E-state index contributed by atoms with van der Waals surface area (Å²) in [6, 6.07) is 11.5. The third-order valence-corrected chi connectivity index (χ3v) is 5.08. The number of nitrogens with zero attached hydrogens (tertiary/aromatic N) is 1. The van der Waals surface area contributed by atoms with Gasteiger partial charge in [0.2, 0.25) is 0 Å². The number of benzene rings is 2. The number of hydrogen-bond acceptors (Lipinski definition) is 2. The molecular weight excluding hydrogens is 392 g/mol. The van der Waals surface area contributed by atoms with Crippen molar-refractivity contribution in [2.45, 2.75) is 12.8 Å². The highest BCUT2D eigenvalue weighted by atomic mass is 35.5. The van der Waals surface area contributed by atoms with Gasteiger partial charge in [-0.15, -0.1) is 0 Å². The number of nitriles is 1. The maximum atomic E-state index is 11.8. The van der Waals surface area contributed by atoms with Crippen molar-refractivity contribution >= 4 is 52.4 Å². The summed E-state index contributed by atoms with van der Waals surface area (Å²) in [5.74, 6) is -1.22. The molecule has 0 heterocycles. The van der Waals surface area contributed by atoms with Gasteiger partial charge in [0.25, 0.3) is 0 Å². The van der Waals surface area contributed by atoms with Gasteiger partial charge in [-0.2, -0.15) is 5.26 Å². The molecule has 0 spiro atoms. The Morgan fingerprint density at radius 2 is 1.33 bits per heavy atom. The molecule has 0 fully saturated rings. The molecule has 2 rings (SSSR count). The molecule has 7 heteroatoms. The zero-order valence-electron chi connectivity index (χ0n) is 12.2. The normalized spacial score (nSPS) is 11.1. The average molecular weight is 403 g/mol. The lowest BCUT2D eigenvalue weighted by atomic mass is 9.78. The zero-order valence-corrected chi connectivity index (χ0v) is 15.2. The predicted octanol–water partition coefficient (Wildman–Crippen LogP) is 5.68. The van der Waals surface area contributed by atoms with Crippen molar-refractivity contribution < 1.29 is 9.90 Å². The molecule has 3 nitrogen and oxygen atoms in total. The molecule has 0 aliphatic carbocycles. The summed E-state index contributed by atoms with van der Waals surface area (Å²) in [5, 5.41) is 20.6. The maximum Gasteiger partial charge on any atom is 0.324 e. The molecule has 0 atom stereocenters. The number of rotatable bonds is 5. The number of halogens is 4. The summed E-state index contributed by atoms with van der Waals surface area (Å²) in [4.78, 5) is 11.8. The first-order valence-corrected chi connectivity index (χ1v) is 8.31. The summed E-state index contributed by atoms with van der Waals surface area (Å²) in [7, 11) is 0. The van der Waals surface area contributed by atoms with Crippen LogP contribution in [0.25, 0.3) is 0 Å². The summed E-state index contributed by atoms with van der Waals surface area (Å²) in [6.45, 7) is 0. The molecule has 0 unspecified atom stereocenters. The lowest BCUT2D eigenvalue weighted by Crippen LogP contribution is -2.34. The molecule has 24 heavy (non-hydrogen) atoms. The van der Waals surface area contributed by atoms with Gasteiger partial charge >= 0.3 is 5.97 Å². The van der Waals surface area contributed by atoms with Crippen LogP contribution in [-0.2, 0) is 17.6 Å². The van der Waals surface area contributed by atoms with Crippen molar-refractivity contribution in [2.75, 3.05) is 0 Å². The van der Waals surface area contributed by atoms with E-state index in [2.05, 4.69) is 0 Å². The monoisotopic (exact) mass is 401 g/mol. The Labute approximate surface area is 159 Å². The van der Waals surface area contributed by atoms with Crippen molar-refractivity contribution in [3.05, 3.63) is 67.6 Å². The van der Waals surface area contributed by atoms with E-state index in [0.29, 0.717) is 31.2 Å². The molecule has 0 saturated heterocycles. The third kappa shape index (κ3) is 4.15. The Kier molecular flexibility index (Phi) is 6.01. The lowest BCUT2D eigenvalue weighted by Gasteiger charge is -2.22. The van der Waals surface area contributed by atoms with Crippen molar-refractivity contribution in [1.82, 2.24) is 0 Å². The Morgan fingerprint density at radius 3 is 1.62 bits per heavy atom. The molecule has 2 aromatic rings. The zero-order chi connectivity index (χ0) is 17.9. The molecule has 0 aliphatic heterocycles. The van der Waals surface area contributed by atoms with Gasteiger partial charge in [0.05, 0.1) is 26.2 Å². The topological polar surface area (TPSA) is 61.1 Å². The van der Waals surface area contributed by atoms with E-state index >= 15 is 0 Å². The first-order chi connectivity index (χ1) is 11.3. The lowest BCUT2D eigenvalue weighted by molar-refractivity contribution is -0.145. The van der Waals surface area contributed by atoms with Gasteiger partial charge in [-0.1, -0.05) is 58.5 Å². The van der Waals surface area contributed by atoms with Gasteiger partial charge in [-0.25, -0.2) is 0 Å². The molecular formula is C17H11Cl4NO2. The number of carboxylic acid groups (broad SMARTS) is 1. The van der Waals surface area contributed by atoms with E-state index in [9.17, 15) is 15.2 Å². The Hall–Kier alpha value is -1.44. The largest absolute Gasteiger partial charge is 0.480 e. The summed E-state index contributed by atoms with van der Waals surface area (Å²) < 4.78 is 0. The SMILES string of the molecule is N#CC(Cc1ccc(Cl)c(Cl)c1)(Cc1ccc(Cl)c(Cl)c1)C(=O)O. The van der Waals surface area contributed by atoms with E-state index in [1.807, 2.05) is 6.07 Å². The molecule has 0 aromatic heterocycles. The molecule has 2 aromatic carbocycles. The van der Waals surface area contributed by atoms with Crippen LogP contribution < -0.4 is 0 Å². The van der Waals surface area contributed by atoms with Crippen molar-refractivity contribution in [3.8, 4) is 6.07 Å². The predicted molar refractivity (Wildman–Crippen MR) is 96.0 cm³/mol. The molecule has 0 saturated carbocycles. The van der Waals surface area contributed by atoms with Crippen LogP contribution in [0.3, 0.4) is 0 Å². The van der Waals surface area contributed by atoms with Crippen molar-refractivity contribution in [3.63, 3.8) is 0 Å². The number of carbonyl (C=O) groups is 1. The van der Waals surface area contributed by atoms with E-state index in [0.717, 1.165) is 0 Å². The fourth-order valence-electron chi connectivity index (χ4n) is 2.34. The molecule has 0 radical (unpaired) electrons. The van der Waals surface area contributed by atoms with E-state index in [1.165, 1.54) is 0 Å². The van der Waals surface area contributed by atoms with Crippen LogP contribution in [0.5, 0.6) is 0 Å². The van der Waals surface area contributed by atoms with Gasteiger partial charge in [-0.05, 0) is 35.4 Å². The van der Waals surface area contributed by atoms with Crippen LogP contribution in [0.4, 0.5) is 0 Å². The van der Waals surface area contributed by atoms with E-state index in [-0.39, 0.29) is 12.8 Å². The molecule has 124 valence electrons. The summed E-state index contributed by atoms with van der Waals surface area (Å²) in [6.07, 6.45) is -0.0358. The second-order valence-corrected chi connectivity index (χ2v) is 6.98. The quantitative estimate of drug-likeness (QED) is 0.699. The molecule has 0 amide bonds. The fraction of sp³-hybridized carbons (Fsp3) is 0.176. The van der Waals surface area contributed by atoms with Crippen LogP contribution >= 0.6 is 46.4 Å². The minimum atomic E-state index is -1.66. The van der Waals surface area contributed by atoms with Gasteiger partial charge in [0.1, 0.15) is 0 Å². The van der Waals surface area contributed by atoms with Gasteiger partial charge in [-0.3, -0.25) is 4.79 Å². The van der Waals surface area contributed by atoms with Crippen LogP contribution in [-0.4, -0.2) is 11.1 Å². The van der Waals surface area contributed by atoms with Gasteiger partial charge < -0.3 is 5.11 Å². The van der Waals surface area contributed by atoms with Crippen molar-refractivity contribution in [2.24, 2.45) is 5.41 Å². The highest BCUT2D eigenvalue weighted by Gasteiger charge is 2.39. The van der Waals surface area contributed by atoms with Gasteiger partial charge in [0.15, 0.2) is 5.41 Å². The molecule has 0 aliphatic rings.